The van der Waals surface area contributed by atoms with Gasteiger partial charge in [-0.05, 0) is 81.0 Å². The van der Waals surface area contributed by atoms with E-state index < -0.39 is 0 Å². The molecule has 1 aliphatic carbocycles. The van der Waals surface area contributed by atoms with E-state index in [0.717, 1.165) is 24.2 Å². The van der Waals surface area contributed by atoms with Gasteiger partial charge in [-0.1, -0.05) is 12.1 Å². The molecule has 0 unspecified atom stereocenters. The van der Waals surface area contributed by atoms with Gasteiger partial charge in [0.25, 0.3) is 5.91 Å². The monoisotopic (exact) mass is 383 g/mol. The highest BCUT2D eigenvalue weighted by Crippen LogP contribution is 2.31. The molecule has 150 valence electrons. The molecular weight excluding hydrogens is 354 g/mol. The molecular formula is C23H29NO4. The summed E-state index contributed by atoms with van der Waals surface area (Å²) in [7, 11) is 0. The second kappa shape index (κ2) is 9.49. The van der Waals surface area contributed by atoms with Crippen LogP contribution in [0, 0.1) is 0 Å². The molecule has 2 aromatic carbocycles. The van der Waals surface area contributed by atoms with Gasteiger partial charge >= 0.3 is 0 Å². The number of fused-ring (bicyclic) bond motifs is 1. The van der Waals surface area contributed by atoms with E-state index in [-0.39, 0.29) is 18.6 Å². The van der Waals surface area contributed by atoms with Gasteiger partial charge in [-0.25, -0.2) is 0 Å². The van der Waals surface area contributed by atoms with Crippen molar-refractivity contribution in [3.8, 4) is 17.2 Å². The molecule has 5 nitrogen and oxygen atoms in total. The third-order valence-electron chi connectivity index (χ3n) is 4.88. The number of benzene rings is 2. The SMILES string of the molecule is CCOc1ccc([C@H](C)NC(=O)COc2ccc3c(c2)CCC3)cc1OCC. The summed E-state index contributed by atoms with van der Waals surface area (Å²) in [6, 6.07) is 11.7. The van der Waals surface area contributed by atoms with Gasteiger partial charge in [0.2, 0.25) is 0 Å². The summed E-state index contributed by atoms with van der Waals surface area (Å²) in [5.74, 6) is 2.01. The van der Waals surface area contributed by atoms with Crippen LogP contribution in [0.5, 0.6) is 17.2 Å². The van der Waals surface area contributed by atoms with Crippen LogP contribution in [0.1, 0.15) is 49.9 Å². The molecule has 1 N–H and O–H groups in total. The maximum absolute atomic E-state index is 12.3. The Labute approximate surface area is 167 Å². The summed E-state index contributed by atoms with van der Waals surface area (Å²) >= 11 is 0. The van der Waals surface area contributed by atoms with Gasteiger partial charge in [-0.2, -0.15) is 0 Å². The van der Waals surface area contributed by atoms with Gasteiger partial charge < -0.3 is 19.5 Å². The van der Waals surface area contributed by atoms with Gasteiger partial charge in [0.05, 0.1) is 19.3 Å². The van der Waals surface area contributed by atoms with Crippen molar-refractivity contribution < 1.29 is 19.0 Å². The standard InChI is InChI=1S/C23H29NO4/c1-4-26-21-12-10-18(14-22(21)27-5-2)16(3)24-23(25)15-28-20-11-9-17-7-6-8-19(17)13-20/h9-14,16H,4-8,15H2,1-3H3,(H,24,25)/t16-/m0/s1. The third kappa shape index (κ3) is 4.97. The lowest BCUT2D eigenvalue weighted by atomic mass is 10.1. The average molecular weight is 383 g/mol. The summed E-state index contributed by atoms with van der Waals surface area (Å²) in [5.41, 5.74) is 3.69. The smallest absolute Gasteiger partial charge is 0.258 e. The Morgan fingerprint density at radius 2 is 1.71 bits per heavy atom. The average Bonchev–Trinajstić information content (AvgIpc) is 3.16. The molecule has 0 saturated heterocycles. The van der Waals surface area contributed by atoms with Crippen LogP contribution in [0.3, 0.4) is 0 Å². The summed E-state index contributed by atoms with van der Waals surface area (Å²) < 4.78 is 16.9. The second-order valence-corrected chi connectivity index (χ2v) is 6.93. The number of carbonyl (C=O) groups is 1. The Morgan fingerprint density at radius 1 is 0.964 bits per heavy atom. The number of aryl methyl sites for hydroxylation is 2. The van der Waals surface area contributed by atoms with E-state index in [9.17, 15) is 4.79 Å². The highest BCUT2D eigenvalue weighted by Gasteiger charge is 2.15. The highest BCUT2D eigenvalue weighted by atomic mass is 16.5. The van der Waals surface area contributed by atoms with E-state index in [0.29, 0.717) is 24.7 Å². The van der Waals surface area contributed by atoms with Crippen molar-refractivity contribution in [2.24, 2.45) is 0 Å². The topological polar surface area (TPSA) is 56.8 Å². The van der Waals surface area contributed by atoms with E-state index in [1.165, 1.54) is 17.5 Å². The maximum atomic E-state index is 12.3. The second-order valence-electron chi connectivity index (χ2n) is 6.93. The first-order chi connectivity index (χ1) is 13.6. The number of carbonyl (C=O) groups excluding carboxylic acids is 1. The fourth-order valence-corrected chi connectivity index (χ4v) is 3.49. The molecule has 28 heavy (non-hydrogen) atoms. The Bertz CT molecular complexity index is 818. The molecule has 2 aromatic rings. The highest BCUT2D eigenvalue weighted by molar-refractivity contribution is 5.78. The zero-order chi connectivity index (χ0) is 19.9. The number of rotatable bonds is 9. The molecule has 1 aliphatic rings. The van der Waals surface area contributed by atoms with Crippen molar-refractivity contribution >= 4 is 5.91 Å². The molecule has 0 saturated carbocycles. The molecule has 0 aliphatic heterocycles. The first kappa shape index (κ1) is 20.1. The molecule has 0 aromatic heterocycles. The van der Waals surface area contributed by atoms with Crippen LogP contribution < -0.4 is 19.5 Å². The van der Waals surface area contributed by atoms with E-state index in [4.69, 9.17) is 14.2 Å². The predicted octanol–water partition coefficient (Wildman–Crippen LogP) is 4.23. The molecule has 3 rings (SSSR count). The van der Waals surface area contributed by atoms with Gasteiger partial charge in [0.15, 0.2) is 18.1 Å². The Hall–Kier alpha value is -2.69. The predicted molar refractivity (Wildman–Crippen MR) is 109 cm³/mol. The Kier molecular flexibility index (Phi) is 6.80. The number of ether oxygens (including phenoxy) is 3. The zero-order valence-corrected chi connectivity index (χ0v) is 16.9. The van der Waals surface area contributed by atoms with Gasteiger partial charge in [0.1, 0.15) is 5.75 Å². The van der Waals surface area contributed by atoms with Gasteiger partial charge in [-0.15, -0.1) is 0 Å². The fraction of sp³-hybridized carbons (Fsp3) is 0.435. The zero-order valence-electron chi connectivity index (χ0n) is 16.9. The maximum Gasteiger partial charge on any atom is 0.258 e. The number of amides is 1. The Morgan fingerprint density at radius 3 is 2.50 bits per heavy atom. The molecule has 0 bridgehead atoms. The van der Waals surface area contributed by atoms with Gasteiger partial charge in [0, 0.05) is 0 Å². The lowest BCUT2D eigenvalue weighted by Crippen LogP contribution is -2.31. The van der Waals surface area contributed by atoms with Crippen molar-refractivity contribution in [1.82, 2.24) is 5.32 Å². The van der Waals surface area contributed by atoms with E-state index in [1.807, 2.05) is 45.0 Å². The van der Waals surface area contributed by atoms with Crippen LogP contribution in [-0.2, 0) is 17.6 Å². The van der Waals surface area contributed by atoms with Crippen LogP contribution in [0.2, 0.25) is 0 Å². The van der Waals surface area contributed by atoms with Crippen molar-refractivity contribution in [2.45, 2.75) is 46.1 Å². The largest absolute Gasteiger partial charge is 0.490 e. The van der Waals surface area contributed by atoms with Crippen molar-refractivity contribution in [1.29, 1.82) is 0 Å². The number of nitrogens with one attached hydrogen (secondary N) is 1. The minimum absolute atomic E-state index is 0.00151. The van der Waals surface area contributed by atoms with Crippen LogP contribution >= 0.6 is 0 Å². The first-order valence-electron chi connectivity index (χ1n) is 10.0. The van der Waals surface area contributed by atoms with Crippen molar-refractivity contribution in [3.05, 3.63) is 53.1 Å². The normalized spacial score (nSPS) is 13.5. The van der Waals surface area contributed by atoms with E-state index >= 15 is 0 Å². The first-order valence-corrected chi connectivity index (χ1v) is 10.0. The van der Waals surface area contributed by atoms with Crippen LogP contribution in [0.4, 0.5) is 0 Å². The van der Waals surface area contributed by atoms with Crippen LogP contribution in [0.25, 0.3) is 0 Å². The van der Waals surface area contributed by atoms with Crippen LogP contribution in [-0.4, -0.2) is 25.7 Å². The summed E-state index contributed by atoms with van der Waals surface area (Å²) in [6.45, 7) is 6.94. The Balaban J connectivity index is 1.57. The summed E-state index contributed by atoms with van der Waals surface area (Å²) in [6.07, 6.45) is 3.43. The molecule has 0 fully saturated rings. The fourth-order valence-electron chi connectivity index (χ4n) is 3.49. The molecule has 0 radical (unpaired) electrons. The lowest BCUT2D eigenvalue weighted by molar-refractivity contribution is -0.123. The quantitative estimate of drug-likeness (QED) is 0.704. The van der Waals surface area contributed by atoms with E-state index in [2.05, 4.69) is 17.4 Å². The molecule has 1 atom stereocenters. The van der Waals surface area contributed by atoms with E-state index in [1.54, 1.807) is 0 Å². The summed E-state index contributed by atoms with van der Waals surface area (Å²) in [4.78, 5) is 12.3. The number of hydrogen-bond acceptors (Lipinski definition) is 4. The molecule has 5 heteroatoms. The summed E-state index contributed by atoms with van der Waals surface area (Å²) in [5, 5.41) is 2.98. The minimum atomic E-state index is -0.161. The molecule has 1 amide bonds. The third-order valence-corrected chi connectivity index (χ3v) is 4.88. The van der Waals surface area contributed by atoms with Crippen molar-refractivity contribution in [3.63, 3.8) is 0 Å². The van der Waals surface area contributed by atoms with Crippen LogP contribution in [0.15, 0.2) is 36.4 Å². The van der Waals surface area contributed by atoms with Crippen molar-refractivity contribution in [2.75, 3.05) is 19.8 Å². The molecule has 0 spiro atoms. The lowest BCUT2D eigenvalue weighted by Gasteiger charge is -2.18. The minimum Gasteiger partial charge on any atom is -0.490 e. The molecule has 0 heterocycles. The number of hydrogen-bond donors (Lipinski definition) is 1. The van der Waals surface area contributed by atoms with Gasteiger partial charge in [-0.3, -0.25) is 4.79 Å².